The molecule has 0 aliphatic heterocycles. The van der Waals surface area contributed by atoms with Crippen molar-refractivity contribution in [1.82, 2.24) is 15.3 Å². The number of fused-ring (bicyclic) bond motifs is 1. The van der Waals surface area contributed by atoms with Gasteiger partial charge in [-0.1, -0.05) is 63.2 Å². The molecule has 1 aromatic carbocycles. The number of nitrogens with one attached hydrogen (secondary N) is 1. The van der Waals surface area contributed by atoms with Gasteiger partial charge in [0.05, 0.1) is 11.8 Å². The normalized spacial score (nSPS) is 11.7. The Hall–Kier alpha value is -4.39. The highest BCUT2D eigenvalue weighted by atomic mass is 32.2. The highest BCUT2D eigenvalue weighted by molar-refractivity contribution is 7.92. The van der Waals surface area contributed by atoms with Crippen LogP contribution in [0.2, 0.25) is 0 Å². The van der Waals surface area contributed by atoms with E-state index in [1.54, 1.807) is 18.3 Å². The molecule has 0 aliphatic rings. The second-order valence-electron chi connectivity index (χ2n) is 12.6. The van der Waals surface area contributed by atoms with Crippen molar-refractivity contribution in [3.8, 4) is 0 Å². The first-order valence-electron chi connectivity index (χ1n) is 17.3. The smallest absolute Gasteiger partial charge is 0.303 e. The molecule has 272 valence electrons. The van der Waals surface area contributed by atoms with Gasteiger partial charge < -0.3 is 16.2 Å². The molecule has 0 aliphatic carbocycles. The second kappa shape index (κ2) is 20.3. The monoisotopic (exact) mass is 711 g/mol. The molecule has 4 N–H and O–H groups in total. The fourth-order valence-corrected chi connectivity index (χ4v) is 6.21. The molecular weight excluding hydrogens is 662 g/mol. The fraction of sp³-hybridized carbons (Fsp3) is 0.486. The van der Waals surface area contributed by atoms with Crippen molar-refractivity contribution < 1.29 is 32.3 Å². The van der Waals surface area contributed by atoms with Crippen LogP contribution in [0.1, 0.15) is 122 Å². The van der Waals surface area contributed by atoms with Crippen LogP contribution in [0.4, 0.5) is 10.2 Å². The minimum atomic E-state index is -3.72. The number of nitrogens with two attached hydrogens (primary N) is 1. The van der Waals surface area contributed by atoms with Crippen LogP contribution < -0.4 is 15.4 Å². The summed E-state index contributed by atoms with van der Waals surface area (Å²) in [5.74, 6) is -2.69. The number of halogens is 1. The number of primary amides is 1. The van der Waals surface area contributed by atoms with Crippen LogP contribution in [0.3, 0.4) is 0 Å². The second-order valence-corrected chi connectivity index (χ2v) is 14.6. The van der Waals surface area contributed by atoms with Crippen LogP contribution in [-0.4, -0.2) is 54.6 Å². The Morgan fingerprint density at radius 1 is 0.940 bits per heavy atom. The maximum Gasteiger partial charge on any atom is 0.303 e. The quantitative estimate of drug-likeness (QED) is 0.0709. The largest absolute Gasteiger partial charge is 0.481 e. The molecule has 0 bridgehead atoms. The molecule has 2 heterocycles. The lowest BCUT2D eigenvalue weighted by atomic mass is 10.00. The van der Waals surface area contributed by atoms with Crippen molar-refractivity contribution in [1.29, 1.82) is 0 Å². The van der Waals surface area contributed by atoms with E-state index in [2.05, 4.69) is 27.4 Å². The summed E-state index contributed by atoms with van der Waals surface area (Å²) in [6, 6.07) is 6.99. The molecule has 13 heteroatoms. The zero-order valence-electron chi connectivity index (χ0n) is 29.1. The topological polar surface area (TPSA) is 173 Å². The minimum absolute atomic E-state index is 0.0365. The third-order valence-corrected chi connectivity index (χ3v) is 9.77. The molecule has 0 spiro atoms. The van der Waals surface area contributed by atoms with E-state index >= 15 is 0 Å². The number of unbranched alkanes of at least 4 members (excludes halogenated alkanes) is 11. The van der Waals surface area contributed by atoms with Gasteiger partial charge >= 0.3 is 5.97 Å². The molecule has 0 saturated carbocycles. The lowest BCUT2D eigenvalue weighted by molar-refractivity contribution is -0.137. The number of amides is 2. The summed E-state index contributed by atoms with van der Waals surface area (Å²) in [7, 11) is -2.35. The molecule has 50 heavy (non-hydrogen) atoms. The molecule has 11 nitrogen and oxygen atoms in total. The van der Waals surface area contributed by atoms with Crippen molar-refractivity contribution in [3.05, 3.63) is 76.9 Å². The summed E-state index contributed by atoms with van der Waals surface area (Å²) < 4.78 is 39.8. The van der Waals surface area contributed by atoms with Gasteiger partial charge in [-0.05, 0) is 74.8 Å². The van der Waals surface area contributed by atoms with E-state index in [4.69, 9.17) is 10.8 Å². The number of carboxylic acid groups (broad SMARTS) is 1. The summed E-state index contributed by atoms with van der Waals surface area (Å²) in [4.78, 5) is 45.2. The Morgan fingerprint density at radius 3 is 2.18 bits per heavy atom. The molecule has 3 aromatic rings. The molecule has 3 rings (SSSR count). The number of aromatic nitrogens is 2. The summed E-state index contributed by atoms with van der Waals surface area (Å²) in [5, 5.41) is 11.9. The number of anilines is 1. The number of sulfonamides is 1. The van der Waals surface area contributed by atoms with Crippen molar-refractivity contribution in [2.24, 2.45) is 5.73 Å². The first-order chi connectivity index (χ1) is 23.9. The number of carbonyl (C=O) groups is 3. The van der Waals surface area contributed by atoms with Crippen LogP contribution in [0.5, 0.6) is 0 Å². The predicted octanol–water partition coefficient (Wildman–Crippen LogP) is 6.84. The third-order valence-electron chi connectivity index (χ3n) is 8.60. The number of hydrogen-bond donors (Lipinski definition) is 3. The Balaban J connectivity index is 1.59. The Labute approximate surface area is 294 Å². The lowest BCUT2D eigenvalue weighted by Crippen LogP contribution is -2.30. The van der Waals surface area contributed by atoms with Crippen LogP contribution in [-0.2, 0) is 27.8 Å². The first-order valence-corrected chi connectivity index (χ1v) is 19.2. The molecule has 0 saturated heterocycles. The van der Waals surface area contributed by atoms with Crippen molar-refractivity contribution >= 4 is 44.5 Å². The summed E-state index contributed by atoms with van der Waals surface area (Å²) in [5.41, 5.74) is 6.83. The zero-order valence-corrected chi connectivity index (χ0v) is 29.9. The van der Waals surface area contributed by atoms with E-state index in [0.29, 0.717) is 28.5 Å². The standard InChI is InChI=1S/C37H50FN5O6S/c1-43(50(2,48)49)36-30-20-18-24-40-33(30)29(34(42-36)37(47)41-26-27-22-23-28(38)25-31(27)35(39)46)19-16-14-12-10-8-6-4-3-5-7-9-11-13-15-17-21-32(44)45/h3,5,18,20,22-25H,4,6-17,19,21,26H2,1-2H3,(H2,39,46)(H,41,47)(H,44,45)/b5-3-. The van der Waals surface area contributed by atoms with Crippen LogP contribution >= 0.6 is 0 Å². The van der Waals surface area contributed by atoms with Gasteiger partial charge in [-0.2, -0.15) is 0 Å². The van der Waals surface area contributed by atoms with E-state index in [-0.39, 0.29) is 30.0 Å². The van der Waals surface area contributed by atoms with E-state index < -0.39 is 33.6 Å². The maximum absolute atomic E-state index is 13.8. The van der Waals surface area contributed by atoms with Gasteiger partial charge in [-0.15, -0.1) is 0 Å². The number of allylic oxidation sites excluding steroid dienone is 2. The number of pyridine rings is 2. The highest BCUT2D eigenvalue weighted by Crippen LogP contribution is 2.30. The third kappa shape index (κ3) is 12.8. The minimum Gasteiger partial charge on any atom is -0.481 e. The van der Waals surface area contributed by atoms with Gasteiger partial charge in [-0.3, -0.25) is 23.7 Å². The molecule has 0 atom stereocenters. The van der Waals surface area contributed by atoms with E-state index in [1.165, 1.54) is 19.2 Å². The Kier molecular flexibility index (Phi) is 16.3. The molecule has 2 amide bonds. The van der Waals surface area contributed by atoms with E-state index in [9.17, 15) is 27.2 Å². The number of carboxylic acids is 1. The van der Waals surface area contributed by atoms with Crippen molar-refractivity contribution in [2.45, 2.75) is 103 Å². The van der Waals surface area contributed by atoms with Crippen molar-refractivity contribution in [3.63, 3.8) is 0 Å². The Morgan fingerprint density at radius 2 is 1.56 bits per heavy atom. The summed E-state index contributed by atoms with van der Waals surface area (Å²) in [6.45, 7) is -0.124. The molecular formula is C37H50FN5O6S. The first kappa shape index (κ1) is 40.0. The van der Waals surface area contributed by atoms with Crippen LogP contribution in [0.25, 0.3) is 10.9 Å². The van der Waals surface area contributed by atoms with Gasteiger partial charge in [0.25, 0.3) is 5.91 Å². The Bertz CT molecular complexity index is 1750. The van der Waals surface area contributed by atoms with E-state index in [0.717, 1.165) is 100 Å². The summed E-state index contributed by atoms with van der Waals surface area (Å²) in [6.07, 6.45) is 21.2. The number of aliphatic carboxylic acids is 1. The number of hydrogen-bond acceptors (Lipinski definition) is 7. The van der Waals surface area contributed by atoms with Gasteiger partial charge in [0, 0.05) is 42.7 Å². The van der Waals surface area contributed by atoms with Gasteiger partial charge in [0.1, 0.15) is 11.5 Å². The van der Waals surface area contributed by atoms with Gasteiger partial charge in [-0.25, -0.2) is 17.8 Å². The number of benzene rings is 1. The van der Waals surface area contributed by atoms with E-state index in [1.807, 2.05) is 0 Å². The lowest BCUT2D eigenvalue weighted by Gasteiger charge is -2.21. The van der Waals surface area contributed by atoms with Crippen LogP contribution in [0, 0.1) is 5.82 Å². The number of aryl methyl sites for hydroxylation is 1. The molecule has 2 aromatic heterocycles. The average molecular weight is 712 g/mol. The molecule has 0 unspecified atom stereocenters. The van der Waals surface area contributed by atoms with Crippen LogP contribution in [0.15, 0.2) is 48.7 Å². The highest BCUT2D eigenvalue weighted by Gasteiger charge is 2.25. The zero-order chi connectivity index (χ0) is 36.5. The van der Waals surface area contributed by atoms with Gasteiger partial charge in [0.2, 0.25) is 15.9 Å². The van der Waals surface area contributed by atoms with Gasteiger partial charge in [0.15, 0.2) is 5.82 Å². The van der Waals surface area contributed by atoms with Crippen molar-refractivity contribution in [2.75, 3.05) is 17.6 Å². The maximum atomic E-state index is 13.8. The predicted molar refractivity (Wildman–Crippen MR) is 194 cm³/mol. The average Bonchev–Trinajstić information content (AvgIpc) is 3.07. The summed E-state index contributed by atoms with van der Waals surface area (Å²) >= 11 is 0. The number of carbonyl (C=O) groups excluding carboxylic acids is 2. The number of rotatable bonds is 23. The SMILES string of the molecule is CN(c1nc(C(=O)NCc2ccc(F)cc2C(N)=O)c(CCCCCCCC/C=C\CCCCCCCC(=O)O)c2ncccc12)S(C)(=O)=O. The number of nitrogens with zero attached hydrogens (tertiary/aromatic N) is 3. The molecule has 0 fully saturated rings. The molecule has 0 radical (unpaired) electrons. The fourth-order valence-electron chi connectivity index (χ4n) is 5.76.